The average Bonchev–Trinajstić information content (AvgIpc) is 2.49. The number of carbonyl (C=O) groups is 1. The summed E-state index contributed by atoms with van der Waals surface area (Å²) in [6.07, 6.45) is 0.382. The Labute approximate surface area is 136 Å². The Morgan fingerprint density at radius 3 is 2.62 bits per heavy atom. The number of hydrogen-bond acceptors (Lipinski definition) is 2. The van der Waals surface area contributed by atoms with Gasteiger partial charge in [-0.25, -0.2) is 0 Å². The van der Waals surface area contributed by atoms with Gasteiger partial charge in [-0.15, -0.1) is 0 Å². The van der Waals surface area contributed by atoms with Gasteiger partial charge in [0.25, 0.3) is 0 Å². The van der Waals surface area contributed by atoms with E-state index in [4.69, 9.17) is 11.6 Å². The van der Waals surface area contributed by atoms with Crippen molar-refractivity contribution >= 4 is 39.1 Å². The van der Waals surface area contributed by atoms with Crippen LogP contribution < -0.4 is 5.32 Å². The molecule has 0 bridgehead atoms. The average molecular weight is 364 g/mol. The summed E-state index contributed by atoms with van der Waals surface area (Å²) in [5, 5.41) is 12.4. The van der Waals surface area contributed by atoms with Crippen LogP contribution in [0.5, 0.6) is 0 Å². The fraction of sp³-hybridized carbons (Fsp3) is 0.125. The van der Waals surface area contributed by atoms with Crippen LogP contribution in [0, 0.1) is 17.2 Å². The molecule has 1 atom stereocenters. The molecule has 3 nitrogen and oxygen atoms in total. The molecule has 106 valence electrons. The molecule has 0 aromatic heterocycles. The molecule has 0 aliphatic carbocycles. The van der Waals surface area contributed by atoms with Crippen LogP contribution in [-0.2, 0) is 11.2 Å². The van der Waals surface area contributed by atoms with E-state index in [0.29, 0.717) is 17.1 Å². The smallest absolute Gasteiger partial charge is 0.242 e. The van der Waals surface area contributed by atoms with E-state index in [1.165, 1.54) is 0 Å². The Balaban J connectivity index is 2.07. The van der Waals surface area contributed by atoms with Crippen molar-refractivity contribution in [2.45, 2.75) is 6.42 Å². The largest absolute Gasteiger partial charge is 0.325 e. The zero-order valence-corrected chi connectivity index (χ0v) is 13.4. The maximum Gasteiger partial charge on any atom is 0.242 e. The van der Waals surface area contributed by atoms with Gasteiger partial charge in [0.15, 0.2) is 0 Å². The molecular formula is C16H12BrClN2O. The number of nitriles is 1. The van der Waals surface area contributed by atoms with Gasteiger partial charge in [0.05, 0.1) is 11.1 Å². The van der Waals surface area contributed by atoms with Crippen molar-refractivity contribution < 1.29 is 4.79 Å². The molecule has 1 N–H and O–H groups in total. The first-order valence-electron chi connectivity index (χ1n) is 6.29. The second-order valence-electron chi connectivity index (χ2n) is 4.49. The second-order valence-corrected chi connectivity index (χ2v) is 5.75. The van der Waals surface area contributed by atoms with Crippen molar-refractivity contribution in [3.8, 4) is 6.07 Å². The SMILES string of the molecule is N#CC(Cc1ccccc1)C(=O)Nc1ccc(Br)c(Cl)c1. The highest BCUT2D eigenvalue weighted by atomic mass is 79.9. The van der Waals surface area contributed by atoms with Crippen molar-refractivity contribution in [1.29, 1.82) is 5.26 Å². The number of amides is 1. The molecule has 21 heavy (non-hydrogen) atoms. The van der Waals surface area contributed by atoms with Gasteiger partial charge in [0.1, 0.15) is 5.92 Å². The number of benzene rings is 2. The van der Waals surface area contributed by atoms with Crippen LogP contribution >= 0.6 is 27.5 Å². The van der Waals surface area contributed by atoms with Gasteiger partial charge in [0, 0.05) is 10.2 Å². The van der Waals surface area contributed by atoms with Gasteiger partial charge in [-0.2, -0.15) is 5.26 Å². The van der Waals surface area contributed by atoms with Crippen molar-refractivity contribution in [3.05, 3.63) is 63.6 Å². The van der Waals surface area contributed by atoms with E-state index < -0.39 is 5.92 Å². The molecule has 0 heterocycles. The third-order valence-electron chi connectivity index (χ3n) is 2.94. The number of halogens is 2. The highest BCUT2D eigenvalue weighted by molar-refractivity contribution is 9.10. The van der Waals surface area contributed by atoms with E-state index in [1.54, 1.807) is 18.2 Å². The first-order valence-corrected chi connectivity index (χ1v) is 7.46. The first kappa shape index (κ1) is 15.6. The summed E-state index contributed by atoms with van der Waals surface area (Å²) in [5.74, 6) is -1.07. The Morgan fingerprint density at radius 2 is 2.00 bits per heavy atom. The minimum atomic E-state index is -0.741. The molecule has 2 rings (SSSR count). The van der Waals surface area contributed by atoms with Crippen LogP contribution in [0.4, 0.5) is 5.69 Å². The molecule has 0 saturated carbocycles. The van der Waals surface area contributed by atoms with Gasteiger partial charge in [-0.05, 0) is 46.1 Å². The molecule has 5 heteroatoms. The Kier molecular flexibility index (Phi) is 5.38. The standard InChI is InChI=1S/C16H12BrClN2O/c17-14-7-6-13(9-15(14)18)20-16(21)12(10-19)8-11-4-2-1-3-5-11/h1-7,9,12H,8H2,(H,20,21). The molecule has 0 spiro atoms. The lowest BCUT2D eigenvalue weighted by Gasteiger charge is -2.11. The fourth-order valence-electron chi connectivity index (χ4n) is 1.85. The summed E-state index contributed by atoms with van der Waals surface area (Å²) in [5.41, 5.74) is 1.52. The van der Waals surface area contributed by atoms with Gasteiger partial charge in [0.2, 0.25) is 5.91 Å². The fourth-order valence-corrected chi connectivity index (χ4v) is 2.28. The van der Waals surface area contributed by atoms with Crippen molar-refractivity contribution in [2.75, 3.05) is 5.32 Å². The molecule has 0 aliphatic rings. The molecule has 0 radical (unpaired) electrons. The lowest BCUT2D eigenvalue weighted by Crippen LogP contribution is -2.23. The number of nitrogens with one attached hydrogen (secondary N) is 1. The Bertz CT molecular complexity index is 682. The quantitative estimate of drug-likeness (QED) is 0.874. The van der Waals surface area contributed by atoms with E-state index >= 15 is 0 Å². The van der Waals surface area contributed by atoms with Gasteiger partial charge < -0.3 is 5.32 Å². The van der Waals surface area contributed by atoms with Gasteiger partial charge >= 0.3 is 0 Å². The Hall–Kier alpha value is -1.83. The summed E-state index contributed by atoms with van der Waals surface area (Å²) >= 11 is 9.26. The summed E-state index contributed by atoms with van der Waals surface area (Å²) in [4.78, 5) is 12.2. The highest BCUT2D eigenvalue weighted by Gasteiger charge is 2.18. The van der Waals surface area contributed by atoms with Gasteiger partial charge in [-0.1, -0.05) is 41.9 Å². The number of nitrogens with zero attached hydrogens (tertiary/aromatic N) is 1. The number of anilines is 1. The molecule has 1 unspecified atom stereocenters. The summed E-state index contributed by atoms with van der Waals surface area (Å²) in [6.45, 7) is 0. The van der Waals surface area contributed by atoms with Crippen LogP contribution in [0.2, 0.25) is 5.02 Å². The molecule has 0 aliphatic heterocycles. The lowest BCUT2D eigenvalue weighted by atomic mass is 10.00. The summed E-state index contributed by atoms with van der Waals surface area (Å²) in [6, 6.07) is 16.6. The number of rotatable bonds is 4. The first-order chi connectivity index (χ1) is 10.1. The van der Waals surface area contributed by atoms with E-state index in [0.717, 1.165) is 10.0 Å². The highest BCUT2D eigenvalue weighted by Crippen LogP contribution is 2.25. The predicted octanol–water partition coefficient (Wildman–Crippen LogP) is 4.42. The maximum atomic E-state index is 12.2. The normalized spacial score (nSPS) is 11.5. The molecule has 1 amide bonds. The maximum absolute atomic E-state index is 12.2. The zero-order valence-electron chi connectivity index (χ0n) is 11.0. The molecule has 2 aromatic carbocycles. The van der Waals surface area contributed by atoms with E-state index in [2.05, 4.69) is 21.2 Å². The molecular weight excluding hydrogens is 352 g/mol. The minimum absolute atomic E-state index is 0.334. The summed E-state index contributed by atoms with van der Waals surface area (Å²) in [7, 11) is 0. The van der Waals surface area contributed by atoms with Crippen LogP contribution in [0.1, 0.15) is 5.56 Å². The minimum Gasteiger partial charge on any atom is -0.325 e. The van der Waals surface area contributed by atoms with Crippen molar-refractivity contribution in [1.82, 2.24) is 0 Å². The molecule has 0 fully saturated rings. The Morgan fingerprint density at radius 1 is 1.29 bits per heavy atom. The van der Waals surface area contributed by atoms with E-state index in [-0.39, 0.29) is 5.91 Å². The molecule has 2 aromatic rings. The van der Waals surface area contributed by atoms with E-state index in [9.17, 15) is 10.1 Å². The van der Waals surface area contributed by atoms with Crippen LogP contribution in [0.3, 0.4) is 0 Å². The molecule has 0 saturated heterocycles. The predicted molar refractivity (Wildman–Crippen MR) is 87.0 cm³/mol. The van der Waals surface area contributed by atoms with Crippen LogP contribution in [0.25, 0.3) is 0 Å². The third-order valence-corrected chi connectivity index (χ3v) is 4.17. The number of hydrogen-bond donors (Lipinski definition) is 1. The topological polar surface area (TPSA) is 52.9 Å². The summed E-state index contributed by atoms with van der Waals surface area (Å²) < 4.78 is 0.753. The number of carbonyl (C=O) groups excluding carboxylic acids is 1. The van der Waals surface area contributed by atoms with Crippen molar-refractivity contribution in [2.24, 2.45) is 5.92 Å². The van der Waals surface area contributed by atoms with Crippen LogP contribution in [0.15, 0.2) is 53.0 Å². The van der Waals surface area contributed by atoms with E-state index in [1.807, 2.05) is 36.4 Å². The third kappa shape index (κ3) is 4.32. The monoisotopic (exact) mass is 362 g/mol. The van der Waals surface area contributed by atoms with Gasteiger partial charge in [-0.3, -0.25) is 4.79 Å². The second kappa shape index (κ2) is 7.26. The van der Waals surface area contributed by atoms with Crippen molar-refractivity contribution in [3.63, 3.8) is 0 Å². The zero-order chi connectivity index (χ0) is 15.2. The van der Waals surface area contributed by atoms with Crippen LogP contribution in [-0.4, -0.2) is 5.91 Å². The lowest BCUT2D eigenvalue weighted by molar-refractivity contribution is -0.118.